The largest absolute Gasteiger partial charge is 0.373 e. The van der Waals surface area contributed by atoms with Crippen LogP contribution in [-0.2, 0) is 9.59 Å². The van der Waals surface area contributed by atoms with Crippen molar-refractivity contribution >= 4 is 17.9 Å². The van der Waals surface area contributed by atoms with Crippen LogP contribution in [0.1, 0.15) is 13.8 Å². The van der Waals surface area contributed by atoms with Crippen molar-refractivity contribution in [2.24, 2.45) is 5.92 Å². The zero-order valence-corrected chi connectivity index (χ0v) is 9.21. The van der Waals surface area contributed by atoms with Gasteiger partial charge in [0.25, 0.3) is 0 Å². The van der Waals surface area contributed by atoms with Gasteiger partial charge in [-0.3, -0.25) is 0 Å². The molecule has 0 saturated carbocycles. The molecule has 14 heavy (non-hydrogen) atoms. The van der Waals surface area contributed by atoms with Gasteiger partial charge in [0.15, 0.2) is 0 Å². The second kappa shape index (κ2) is 8.54. The summed E-state index contributed by atoms with van der Waals surface area (Å²) < 4.78 is 0. The summed E-state index contributed by atoms with van der Waals surface area (Å²) in [4.78, 5) is 17.6. The first kappa shape index (κ1) is 12.9. The average Bonchev–Trinajstić information content (AvgIpc) is 2.18. The number of carbonyl (C=O) groups excluding carboxylic acids is 2. The molecule has 0 radical (unpaired) electrons. The molecular weight excluding hydrogens is 196 g/mol. The van der Waals surface area contributed by atoms with Crippen LogP contribution in [0.25, 0.3) is 0 Å². The maximum atomic E-state index is 8.12. The first-order chi connectivity index (χ1) is 6.70. The van der Waals surface area contributed by atoms with Crippen LogP contribution in [0.3, 0.4) is 0 Å². The predicted octanol–water partition coefficient (Wildman–Crippen LogP) is 2.85. The fourth-order valence-corrected chi connectivity index (χ4v) is 1.65. The Morgan fingerprint density at radius 3 is 2.14 bits per heavy atom. The summed E-state index contributed by atoms with van der Waals surface area (Å²) in [5.74, 6) is 1.99. The molecule has 0 unspecified atom stereocenters. The van der Waals surface area contributed by atoms with Gasteiger partial charge in [0.05, 0.1) is 0 Å². The topological polar surface area (TPSA) is 34.1 Å². The summed E-state index contributed by atoms with van der Waals surface area (Å²) in [7, 11) is 0. The van der Waals surface area contributed by atoms with Crippen molar-refractivity contribution in [2.75, 3.05) is 5.75 Å². The smallest absolute Gasteiger partial charge is 0.186 e. The Morgan fingerprint density at radius 1 is 1.21 bits per heavy atom. The molecule has 0 saturated heterocycles. The first-order valence-corrected chi connectivity index (χ1v) is 5.36. The second-order valence-corrected chi connectivity index (χ2v) is 4.19. The lowest BCUT2D eigenvalue weighted by Gasteiger charge is -2.02. The Labute approximate surface area is 88.7 Å². The molecule has 0 aliphatic heterocycles. The Kier molecular flexibility index (Phi) is 7.90. The van der Waals surface area contributed by atoms with Crippen molar-refractivity contribution in [2.45, 2.75) is 18.7 Å². The first-order valence-electron chi connectivity index (χ1n) is 4.37. The molecule has 1 aromatic carbocycles. The van der Waals surface area contributed by atoms with Gasteiger partial charge in [-0.05, 0) is 18.1 Å². The molecule has 0 aromatic heterocycles. The van der Waals surface area contributed by atoms with Crippen molar-refractivity contribution in [3.05, 3.63) is 30.3 Å². The maximum Gasteiger partial charge on any atom is 0.373 e. The standard InChI is InChI=1S/C10H14S.CO2/c1-9(2)8-11-10-6-4-3-5-7-10;2-1-3/h3-7,9H,8H2,1-2H3;. The number of benzene rings is 1. The van der Waals surface area contributed by atoms with E-state index in [1.807, 2.05) is 11.8 Å². The molecule has 0 N–H and O–H groups in total. The van der Waals surface area contributed by atoms with Gasteiger partial charge < -0.3 is 0 Å². The Bertz CT molecular complexity index is 264. The number of hydrogen-bond donors (Lipinski definition) is 0. The highest BCUT2D eigenvalue weighted by molar-refractivity contribution is 7.99. The van der Waals surface area contributed by atoms with Crippen LogP contribution in [0.15, 0.2) is 35.2 Å². The third-order valence-electron chi connectivity index (χ3n) is 1.33. The molecule has 0 aliphatic carbocycles. The van der Waals surface area contributed by atoms with Gasteiger partial charge in [0, 0.05) is 10.6 Å². The van der Waals surface area contributed by atoms with Crippen LogP contribution >= 0.6 is 11.8 Å². The lowest BCUT2D eigenvalue weighted by Crippen LogP contribution is -1.89. The summed E-state index contributed by atoms with van der Waals surface area (Å²) in [5, 5.41) is 0. The molecule has 0 atom stereocenters. The normalized spacial score (nSPS) is 8.79. The molecular formula is C11H14O2S. The van der Waals surface area contributed by atoms with E-state index in [1.54, 1.807) is 0 Å². The van der Waals surface area contributed by atoms with Gasteiger partial charge >= 0.3 is 6.15 Å². The average molecular weight is 210 g/mol. The maximum absolute atomic E-state index is 8.12. The van der Waals surface area contributed by atoms with Crippen LogP contribution in [0.4, 0.5) is 0 Å². The Morgan fingerprint density at radius 2 is 1.71 bits per heavy atom. The van der Waals surface area contributed by atoms with Gasteiger partial charge in [-0.25, -0.2) is 0 Å². The van der Waals surface area contributed by atoms with Gasteiger partial charge in [0.2, 0.25) is 0 Å². The third-order valence-corrected chi connectivity index (χ3v) is 2.77. The van der Waals surface area contributed by atoms with E-state index in [1.165, 1.54) is 10.6 Å². The van der Waals surface area contributed by atoms with E-state index in [4.69, 9.17) is 9.59 Å². The van der Waals surface area contributed by atoms with Gasteiger partial charge in [0.1, 0.15) is 0 Å². The minimum absolute atomic E-state index is 0.250. The highest BCUT2D eigenvalue weighted by Crippen LogP contribution is 2.19. The second-order valence-electron chi connectivity index (χ2n) is 3.10. The summed E-state index contributed by atoms with van der Waals surface area (Å²) in [6, 6.07) is 10.5. The summed E-state index contributed by atoms with van der Waals surface area (Å²) >= 11 is 1.93. The van der Waals surface area contributed by atoms with E-state index in [-0.39, 0.29) is 6.15 Å². The quantitative estimate of drug-likeness (QED) is 0.719. The predicted molar refractivity (Wildman–Crippen MR) is 57.0 cm³/mol. The highest BCUT2D eigenvalue weighted by Gasteiger charge is 1.94. The van der Waals surface area contributed by atoms with Gasteiger partial charge in [-0.2, -0.15) is 9.59 Å². The molecule has 0 aliphatic rings. The highest BCUT2D eigenvalue weighted by atomic mass is 32.2. The van der Waals surface area contributed by atoms with Crippen LogP contribution in [-0.4, -0.2) is 11.9 Å². The van der Waals surface area contributed by atoms with E-state index < -0.39 is 0 Å². The van der Waals surface area contributed by atoms with Gasteiger partial charge in [-0.15, -0.1) is 11.8 Å². The fourth-order valence-electron chi connectivity index (χ4n) is 0.780. The monoisotopic (exact) mass is 210 g/mol. The molecule has 1 rings (SSSR count). The molecule has 0 bridgehead atoms. The van der Waals surface area contributed by atoms with Crippen molar-refractivity contribution in [3.63, 3.8) is 0 Å². The van der Waals surface area contributed by atoms with Crippen molar-refractivity contribution < 1.29 is 9.59 Å². The molecule has 0 amide bonds. The van der Waals surface area contributed by atoms with Crippen molar-refractivity contribution in [3.8, 4) is 0 Å². The molecule has 0 fully saturated rings. The van der Waals surface area contributed by atoms with E-state index in [9.17, 15) is 0 Å². The van der Waals surface area contributed by atoms with E-state index in [0.29, 0.717) is 0 Å². The third kappa shape index (κ3) is 7.59. The van der Waals surface area contributed by atoms with Crippen LogP contribution in [0, 0.1) is 5.92 Å². The zero-order valence-electron chi connectivity index (χ0n) is 8.40. The molecule has 76 valence electrons. The summed E-state index contributed by atoms with van der Waals surface area (Å²) in [5.41, 5.74) is 0. The number of rotatable bonds is 3. The SMILES string of the molecule is CC(C)CSc1ccccc1.O=C=O. The fraction of sp³-hybridized carbons (Fsp3) is 0.364. The number of thioether (sulfide) groups is 1. The number of hydrogen-bond acceptors (Lipinski definition) is 3. The minimum atomic E-state index is 0.250. The molecule has 1 aromatic rings. The minimum Gasteiger partial charge on any atom is -0.186 e. The van der Waals surface area contributed by atoms with E-state index >= 15 is 0 Å². The van der Waals surface area contributed by atoms with E-state index in [0.717, 1.165) is 5.92 Å². The summed E-state index contributed by atoms with van der Waals surface area (Å²) in [6.07, 6.45) is 0.250. The van der Waals surface area contributed by atoms with Gasteiger partial charge in [-0.1, -0.05) is 32.0 Å². The Hall–Kier alpha value is -1.05. The zero-order chi connectivity index (χ0) is 10.8. The summed E-state index contributed by atoms with van der Waals surface area (Å²) in [6.45, 7) is 4.49. The van der Waals surface area contributed by atoms with E-state index in [2.05, 4.69) is 44.2 Å². The lowest BCUT2D eigenvalue weighted by molar-refractivity contribution is -0.191. The van der Waals surface area contributed by atoms with Crippen LogP contribution in [0.5, 0.6) is 0 Å². The van der Waals surface area contributed by atoms with Crippen LogP contribution < -0.4 is 0 Å². The molecule has 0 spiro atoms. The molecule has 0 heterocycles. The lowest BCUT2D eigenvalue weighted by atomic mass is 10.3. The Balaban J connectivity index is 0.000000500. The molecule has 3 heteroatoms. The molecule has 2 nitrogen and oxygen atoms in total. The van der Waals surface area contributed by atoms with Crippen molar-refractivity contribution in [1.29, 1.82) is 0 Å². The van der Waals surface area contributed by atoms with Crippen molar-refractivity contribution in [1.82, 2.24) is 0 Å². The van der Waals surface area contributed by atoms with Crippen LogP contribution in [0.2, 0.25) is 0 Å².